The van der Waals surface area contributed by atoms with E-state index in [4.69, 9.17) is 0 Å². The molecule has 3 heterocycles. The highest BCUT2D eigenvalue weighted by Gasteiger charge is 2.36. The van der Waals surface area contributed by atoms with Crippen LogP contribution in [0.1, 0.15) is 24.2 Å². The first-order valence-corrected chi connectivity index (χ1v) is 10.0. The first kappa shape index (κ1) is 22.5. The largest absolute Gasteiger partial charge is 0.573 e. The van der Waals surface area contributed by atoms with E-state index in [0.717, 1.165) is 31.4 Å². The molecule has 0 spiro atoms. The predicted molar refractivity (Wildman–Crippen MR) is 114 cm³/mol. The Balaban J connectivity index is 1.59. The molecule has 10 heteroatoms. The molecule has 0 atom stereocenters. The Labute approximate surface area is 187 Å². The van der Waals surface area contributed by atoms with E-state index >= 15 is 0 Å². The van der Waals surface area contributed by atoms with Crippen molar-refractivity contribution >= 4 is 17.4 Å². The first-order valence-electron chi connectivity index (χ1n) is 10.0. The zero-order valence-electron chi connectivity index (χ0n) is 17.8. The second-order valence-electron chi connectivity index (χ2n) is 8.53. The monoisotopic (exact) mass is 460 g/mol. The van der Waals surface area contributed by atoms with Crippen LogP contribution >= 0.6 is 0 Å². The van der Waals surface area contributed by atoms with Gasteiger partial charge in [0.1, 0.15) is 17.4 Å². The van der Waals surface area contributed by atoms with Crippen LogP contribution in [0, 0.1) is 11.2 Å². The number of nitrogens with one attached hydrogen (secondary N) is 1. The Morgan fingerprint density at radius 3 is 2.39 bits per heavy atom. The van der Waals surface area contributed by atoms with Gasteiger partial charge in [-0.1, -0.05) is 13.8 Å². The van der Waals surface area contributed by atoms with Crippen molar-refractivity contribution in [1.82, 2.24) is 9.97 Å². The lowest BCUT2D eigenvalue weighted by Crippen LogP contribution is -2.53. The number of anilines is 2. The molecule has 33 heavy (non-hydrogen) atoms. The molecule has 0 unspecified atom stereocenters. The Bertz CT molecular complexity index is 1170. The number of carbonyl (C=O) groups is 1. The summed E-state index contributed by atoms with van der Waals surface area (Å²) in [6, 6.07) is 7.70. The van der Waals surface area contributed by atoms with E-state index in [2.05, 4.69) is 33.9 Å². The van der Waals surface area contributed by atoms with Gasteiger partial charge in [0.25, 0.3) is 5.91 Å². The fraction of sp³-hybridized carbons (Fsp3) is 0.261. The Morgan fingerprint density at radius 2 is 1.79 bits per heavy atom. The van der Waals surface area contributed by atoms with Gasteiger partial charge >= 0.3 is 6.36 Å². The van der Waals surface area contributed by atoms with E-state index in [-0.39, 0.29) is 16.7 Å². The number of rotatable bonds is 5. The number of amides is 1. The predicted octanol–water partition coefficient (Wildman–Crippen LogP) is 5.28. The van der Waals surface area contributed by atoms with E-state index in [1.54, 1.807) is 6.07 Å². The van der Waals surface area contributed by atoms with Gasteiger partial charge < -0.3 is 15.0 Å². The van der Waals surface area contributed by atoms with Crippen molar-refractivity contribution in [2.24, 2.45) is 5.41 Å². The van der Waals surface area contributed by atoms with E-state index in [1.807, 2.05) is 4.90 Å². The zero-order chi connectivity index (χ0) is 23.8. The quantitative estimate of drug-likeness (QED) is 0.525. The van der Waals surface area contributed by atoms with Crippen LogP contribution in [0.15, 0.2) is 55.0 Å². The molecule has 2 aromatic heterocycles. The minimum Gasteiger partial charge on any atom is -0.406 e. The number of hydrogen-bond acceptors (Lipinski definition) is 5. The standard InChI is InChI=1S/C23H20F4N4O2/c1-22(2)12-31(13-22)20-19(14-7-16(24)11-28-9-14)8-15(10-29-20)21(32)30-17-3-5-18(6-4-17)33-23(25,26)27/h3-11H,12-13H2,1-2H3,(H,30,32). The SMILES string of the molecule is CC1(C)CN(c2ncc(C(=O)Nc3ccc(OC(F)(F)F)cc3)cc2-c2cncc(F)c2)C1. The minimum absolute atomic E-state index is 0.122. The highest BCUT2D eigenvalue weighted by atomic mass is 19.4. The highest BCUT2D eigenvalue weighted by Crippen LogP contribution is 2.38. The average molecular weight is 460 g/mol. The van der Waals surface area contributed by atoms with Crippen molar-refractivity contribution in [2.75, 3.05) is 23.3 Å². The molecule has 1 N–H and O–H groups in total. The molecule has 172 valence electrons. The highest BCUT2D eigenvalue weighted by molar-refractivity contribution is 6.05. The van der Waals surface area contributed by atoms with E-state index in [1.165, 1.54) is 30.6 Å². The van der Waals surface area contributed by atoms with Crippen LogP contribution in [0.2, 0.25) is 0 Å². The van der Waals surface area contributed by atoms with Gasteiger partial charge in [0.2, 0.25) is 0 Å². The summed E-state index contributed by atoms with van der Waals surface area (Å²) in [7, 11) is 0. The van der Waals surface area contributed by atoms with Crippen LogP contribution in [0.5, 0.6) is 5.75 Å². The van der Waals surface area contributed by atoms with Crippen molar-refractivity contribution < 1.29 is 27.1 Å². The number of aromatic nitrogens is 2. The van der Waals surface area contributed by atoms with Crippen LogP contribution in [-0.4, -0.2) is 35.3 Å². The molecular weight excluding hydrogens is 440 g/mol. The van der Waals surface area contributed by atoms with E-state index in [9.17, 15) is 22.4 Å². The molecule has 6 nitrogen and oxygen atoms in total. The second-order valence-corrected chi connectivity index (χ2v) is 8.53. The lowest BCUT2D eigenvalue weighted by atomic mass is 9.84. The Kier molecular flexibility index (Phi) is 5.69. The van der Waals surface area contributed by atoms with Crippen LogP contribution in [0.3, 0.4) is 0 Å². The normalized spacial score (nSPS) is 15.0. The number of carbonyl (C=O) groups excluding carboxylic acids is 1. The van der Waals surface area contributed by atoms with Crippen molar-refractivity contribution in [3.63, 3.8) is 0 Å². The Hall–Kier alpha value is -3.69. The molecule has 1 aliphatic rings. The lowest BCUT2D eigenvalue weighted by Gasteiger charge is -2.47. The fourth-order valence-electron chi connectivity index (χ4n) is 3.69. The molecule has 0 bridgehead atoms. The van der Waals surface area contributed by atoms with Crippen LogP contribution in [0.4, 0.5) is 29.1 Å². The van der Waals surface area contributed by atoms with Crippen molar-refractivity contribution in [3.05, 3.63) is 66.4 Å². The van der Waals surface area contributed by atoms with Crippen LogP contribution < -0.4 is 15.0 Å². The maximum atomic E-state index is 13.8. The van der Waals surface area contributed by atoms with Gasteiger partial charge in [-0.05, 0) is 41.8 Å². The second kappa shape index (κ2) is 8.34. The van der Waals surface area contributed by atoms with Crippen LogP contribution in [0.25, 0.3) is 11.1 Å². The summed E-state index contributed by atoms with van der Waals surface area (Å²) in [5.41, 5.74) is 1.63. The summed E-state index contributed by atoms with van der Waals surface area (Å²) < 4.78 is 54.6. The zero-order valence-corrected chi connectivity index (χ0v) is 17.8. The molecule has 1 fully saturated rings. The number of alkyl halides is 3. The molecule has 0 saturated carbocycles. The Morgan fingerprint density at radius 1 is 1.09 bits per heavy atom. The van der Waals surface area contributed by atoms with Crippen molar-refractivity contribution in [2.45, 2.75) is 20.2 Å². The number of ether oxygens (including phenoxy) is 1. The fourth-order valence-corrected chi connectivity index (χ4v) is 3.69. The third-order valence-electron chi connectivity index (χ3n) is 5.03. The number of halogens is 4. The van der Waals surface area contributed by atoms with Gasteiger partial charge in [-0.25, -0.2) is 9.37 Å². The van der Waals surface area contributed by atoms with Crippen molar-refractivity contribution in [1.29, 1.82) is 0 Å². The molecule has 0 radical (unpaired) electrons. The van der Waals surface area contributed by atoms with Gasteiger partial charge in [0, 0.05) is 42.3 Å². The summed E-state index contributed by atoms with van der Waals surface area (Å²) in [5, 5.41) is 2.61. The average Bonchev–Trinajstić information content (AvgIpc) is 2.72. The molecule has 4 rings (SSSR count). The third kappa shape index (κ3) is 5.39. The molecule has 3 aromatic rings. The van der Waals surface area contributed by atoms with Gasteiger partial charge in [0.15, 0.2) is 0 Å². The maximum absolute atomic E-state index is 13.8. The summed E-state index contributed by atoms with van der Waals surface area (Å²) in [6.07, 6.45) is -0.805. The van der Waals surface area contributed by atoms with E-state index < -0.39 is 23.8 Å². The molecule has 1 saturated heterocycles. The van der Waals surface area contributed by atoms with Crippen LogP contribution in [-0.2, 0) is 0 Å². The summed E-state index contributed by atoms with van der Waals surface area (Å²) in [5.74, 6) is -0.816. The first-order chi connectivity index (χ1) is 15.5. The lowest BCUT2D eigenvalue weighted by molar-refractivity contribution is -0.274. The summed E-state index contributed by atoms with van der Waals surface area (Å²) in [6.45, 7) is 5.76. The molecule has 1 amide bonds. The van der Waals surface area contributed by atoms with Gasteiger partial charge in [-0.2, -0.15) is 0 Å². The van der Waals surface area contributed by atoms with Gasteiger partial charge in [0.05, 0.1) is 11.8 Å². The third-order valence-corrected chi connectivity index (χ3v) is 5.03. The molecule has 0 aliphatic carbocycles. The number of benzene rings is 1. The van der Waals surface area contributed by atoms with Crippen molar-refractivity contribution in [3.8, 4) is 16.9 Å². The molecular formula is C23H20F4N4O2. The van der Waals surface area contributed by atoms with Gasteiger partial charge in [-0.3, -0.25) is 9.78 Å². The molecule has 1 aliphatic heterocycles. The number of hydrogen-bond donors (Lipinski definition) is 1. The smallest absolute Gasteiger partial charge is 0.406 e. The summed E-state index contributed by atoms with van der Waals surface area (Å²) in [4.78, 5) is 23.2. The maximum Gasteiger partial charge on any atom is 0.573 e. The topological polar surface area (TPSA) is 67.4 Å². The summed E-state index contributed by atoms with van der Waals surface area (Å²) >= 11 is 0. The minimum atomic E-state index is -4.80. The molecule has 1 aromatic carbocycles. The number of pyridine rings is 2. The number of nitrogens with zero attached hydrogens (tertiary/aromatic N) is 3. The van der Waals surface area contributed by atoms with E-state index in [0.29, 0.717) is 16.9 Å². The van der Waals surface area contributed by atoms with Gasteiger partial charge in [-0.15, -0.1) is 13.2 Å².